The van der Waals surface area contributed by atoms with Crippen molar-refractivity contribution in [2.45, 2.75) is 17.9 Å². The van der Waals surface area contributed by atoms with Crippen LogP contribution in [-0.2, 0) is 14.8 Å². The second-order valence-corrected chi connectivity index (χ2v) is 7.60. The van der Waals surface area contributed by atoms with Crippen LogP contribution in [0.3, 0.4) is 0 Å². The smallest absolute Gasteiger partial charge is 0.245 e. The van der Waals surface area contributed by atoms with Gasteiger partial charge in [-0.25, -0.2) is 17.2 Å². The molecule has 1 amide bonds. The fourth-order valence-corrected chi connectivity index (χ4v) is 4.38. The lowest BCUT2D eigenvalue weighted by Gasteiger charge is -2.38. The molecule has 1 aliphatic heterocycles. The van der Waals surface area contributed by atoms with Crippen molar-refractivity contribution in [2.24, 2.45) is 0 Å². The molecule has 1 atom stereocenters. The van der Waals surface area contributed by atoms with Crippen molar-refractivity contribution in [2.75, 3.05) is 18.0 Å². The molecule has 3 rings (SSSR count). The molecule has 132 valence electrons. The van der Waals surface area contributed by atoms with Crippen LogP contribution in [0.1, 0.15) is 6.92 Å². The van der Waals surface area contributed by atoms with Crippen molar-refractivity contribution in [1.29, 1.82) is 0 Å². The van der Waals surface area contributed by atoms with E-state index in [0.717, 1.165) is 16.4 Å². The molecule has 0 aromatic heterocycles. The Kier molecular flexibility index (Phi) is 4.57. The number of sulfonamides is 1. The Hall–Kier alpha value is -2.32. The summed E-state index contributed by atoms with van der Waals surface area (Å²) >= 11 is 0. The number of carbonyl (C=O) groups is 1. The Morgan fingerprint density at radius 3 is 2.00 bits per heavy atom. The molecule has 0 radical (unpaired) electrons. The summed E-state index contributed by atoms with van der Waals surface area (Å²) < 4.78 is 52.6. The Balaban J connectivity index is 1.86. The number of hydrogen-bond donors (Lipinski definition) is 0. The molecule has 0 bridgehead atoms. The number of benzene rings is 2. The van der Waals surface area contributed by atoms with Gasteiger partial charge in [-0.3, -0.25) is 4.79 Å². The molecular formula is C17H16F2N2O3S. The number of halogens is 2. The van der Waals surface area contributed by atoms with Crippen molar-refractivity contribution >= 4 is 21.6 Å². The maximum Gasteiger partial charge on any atom is 0.245 e. The van der Waals surface area contributed by atoms with E-state index in [2.05, 4.69) is 0 Å². The first-order chi connectivity index (χ1) is 11.8. The third-order valence-electron chi connectivity index (χ3n) is 4.16. The minimum atomic E-state index is -3.91. The molecule has 0 N–H and O–H groups in total. The van der Waals surface area contributed by atoms with Crippen molar-refractivity contribution in [3.05, 3.63) is 60.2 Å². The highest BCUT2D eigenvalue weighted by atomic mass is 32.2. The average Bonchev–Trinajstić information content (AvgIpc) is 2.58. The van der Waals surface area contributed by atoms with E-state index >= 15 is 0 Å². The first kappa shape index (κ1) is 17.5. The van der Waals surface area contributed by atoms with E-state index in [1.165, 1.54) is 48.2 Å². The van der Waals surface area contributed by atoms with E-state index in [-0.39, 0.29) is 18.0 Å². The summed E-state index contributed by atoms with van der Waals surface area (Å²) in [5, 5.41) is 0. The van der Waals surface area contributed by atoms with Gasteiger partial charge in [-0.1, -0.05) is 0 Å². The van der Waals surface area contributed by atoms with Crippen LogP contribution in [0.15, 0.2) is 53.4 Å². The second-order valence-electron chi connectivity index (χ2n) is 5.71. The summed E-state index contributed by atoms with van der Waals surface area (Å²) in [5.74, 6) is -1.35. The highest BCUT2D eigenvalue weighted by Gasteiger charge is 2.39. The minimum absolute atomic E-state index is 0.0659. The zero-order valence-corrected chi connectivity index (χ0v) is 14.2. The number of carbonyl (C=O) groups excluding carboxylic acids is 1. The largest absolute Gasteiger partial charge is 0.310 e. The molecule has 1 aliphatic rings. The second kappa shape index (κ2) is 6.53. The van der Waals surface area contributed by atoms with Gasteiger partial charge in [0.15, 0.2) is 0 Å². The Bertz CT molecular complexity index is 883. The van der Waals surface area contributed by atoms with Crippen LogP contribution in [0.25, 0.3) is 0 Å². The van der Waals surface area contributed by atoms with Gasteiger partial charge in [-0.2, -0.15) is 4.31 Å². The number of piperazine rings is 1. The maximum atomic E-state index is 13.0. The summed E-state index contributed by atoms with van der Waals surface area (Å²) in [5.41, 5.74) is 0.511. The van der Waals surface area contributed by atoms with Gasteiger partial charge < -0.3 is 4.90 Å². The van der Waals surface area contributed by atoms with E-state index in [9.17, 15) is 22.0 Å². The predicted octanol–water partition coefficient (Wildman–Crippen LogP) is 2.39. The fraction of sp³-hybridized carbons (Fsp3) is 0.235. The van der Waals surface area contributed by atoms with Gasteiger partial charge in [-0.15, -0.1) is 0 Å². The molecular weight excluding hydrogens is 350 g/mol. The Labute approximate surface area is 144 Å². The predicted molar refractivity (Wildman–Crippen MR) is 88.5 cm³/mol. The molecule has 2 aromatic rings. The monoisotopic (exact) mass is 366 g/mol. The SMILES string of the molecule is CC1C(=O)N(c2ccc(F)cc2)CCN1S(=O)(=O)c1ccc(F)cc1. The zero-order valence-electron chi connectivity index (χ0n) is 13.4. The van der Waals surface area contributed by atoms with Gasteiger partial charge in [0.05, 0.1) is 4.90 Å². The Morgan fingerprint density at radius 1 is 0.920 bits per heavy atom. The molecule has 2 aromatic carbocycles. The lowest BCUT2D eigenvalue weighted by Crippen LogP contribution is -2.57. The van der Waals surface area contributed by atoms with E-state index < -0.39 is 33.6 Å². The van der Waals surface area contributed by atoms with Crippen LogP contribution in [0.5, 0.6) is 0 Å². The summed E-state index contributed by atoms with van der Waals surface area (Å²) in [6, 6.07) is 9.00. The summed E-state index contributed by atoms with van der Waals surface area (Å²) in [4.78, 5) is 14.0. The normalized spacial score (nSPS) is 19.2. The van der Waals surface area contributed by atoms with Crippen LogP contribution in [-0.4, -0.2) is 37.8 Å². The summed E-state index contributed by atoms with van der Waals surface area (Å²) in [7, 11) is -3.91. The van der Waals surface area contributed by atoms with E-state index in [1.807, 2.05) is 0 Å². The van der Waals surface area contributed by atoms with Crippen molar-refractivity contribution < 1.29 is 22.0 Å². The number of anilines is 1. The summed E-state index contributed by atoms with van der Waals surface area (Å²) in [6.45, 7) is 1.73. The molecule has 0 aliphatic carbocycles. The van der Waals surface area contributed by atoms with Crippen molar-refractivity contribution in [3.8, 4) is 0 Å². The zero-order chi connectivity index (χ0) is 18.2. The molecule has 1 saturated heterocycles. The molecule has 1 unspecified atom stereocenters. The quantitative estimate of drug-likeness (QED) is 0.838. The maximum absolute atomic E-state index is 13.0. The topological polar surface area (TPSA) is 57.7 Å². The fourth-order valence-electron chi connectivity index (χ4n) is 2.80. The number of amides is 1. The van der Waals surface area contributed by atoms with Gasteiger partial charge in [0.1, 0.15) is 17.7 Å². The summed E-state index contributed by atoms with van der Waals surface area (Å²) in [6.07, 6.45) is 0. The standard InChI is InChI=1S/C17H16F2N2O3S/c1-12-17(22)20(15-6-2-13(18)3-7-15)10-11-21(12)25(23,24)16-8-4-14(19)5-9-16/h2-9,12H,10-11H2,1H3. The average molecular weight is 366 g/mol. The van der Waals surface area contributed by atoms with Crippen LogP contribution >= 0.6 is 0 Å². The van der Waals surface area contributed by atoms with E-state index in [0.29, 0.717) is 5.69 Å². The van der Waals surface area contributed by atoms with Gasteiger partial charge in [0.2, 0.25) is 15.9 Å². The van der Waals surface area contributed by atoms with Gasteiger partial charge in [-0.05, 0) is 55.5 Å². The van der Waals surface area contributed by atoms with E-state index in [1.54, 1.807) is 0 Å². The third-order valence-corrected chi connectivity index (χ3v) is 6.14. The number of hydrogen-bond acceptors (Lipinski definition) is 3. The van der Waals surface area contributed by atoms with Crippen LogP contribution in [0, 0.1) is 11.6 Å². The van der Waals surface area contributed by atoms with Crippen molar-refractivity contribution in [1.82, 2.24) is 4.31 Å². The number of rotatable bonds is 3. The van der Waals surface area contributed by atoms with Gasteiger partial charge in [0.25, 0.3) is 0 Å². The molecule has 1 fully saturated rings. The molecule has 0 saturated carbocycles. The molecule has 0 spiro atoms. The van der Waals surface area contributed by atoms with Crippen LogP contribution in [0.4, 0.5) is 14.5 Å². The molecule has 1 heterocycles. The minimum Gasteiger partial charge on any atom is -0.310 e. The lowest BCUT2D eigenvalue weighted by atomic mass is 10.2. The molecule has 5 nitrogen and oxygen atoms in total. The van der Waals surface area contributed by atoms with Crippen molar-refractivity contribution in [3.63, 3.8) is 0 Å². The first-order valence-electron chi connectivity index (χ1n) is 7.65. The van der Waals surface area contributed by atoms with Crippen LogP contribution in [0.2, 0.25) is 0 Å². The molecule has 25 heavy (non-hydrogen) atoms. The highest BCUT2D eigenvalue weighted by Crippen LogP contribution is 2.25. The third kappa shape index (κ3) is 3.27. The van der Waals surface area contributed by atoms with E-state index in [4.69, 9.17) is 0 Å². The Morgan fingerprint density at radius 2 is 1.44 bits per heavy atom. The van der Waals surface area contributed by atoms with Gasteiger partial charge in [0, 0.05) is 18.8 Å². The number of nitrogens with zero attached hydrogens (tertiary/aromatic N) is 2. The lowest BCUT2D eigenvalue weighted by molar-refractivity contribution is -0.123. The van der Waals surface area contributed by atoms with Gasteiger partial charge >= 0.3 is 0 Å². The highest BCUT2D eigenvalue weighted by molar-refractivity contribution is 7.89. The first-order valence-corrected chi connectivity index (χ1v) is 9.09. The molecule has 8 heteroatoms. The van der Waals surface area contributed by atoms with Crippen LogP contribution < -0.4 is 4.90 Å².